The third-order valence-electron chi connectivity index (χ3n) is 1.19. The van der Waals surface area contributed by atoms with E-state index in [-0.39, 0.29) is 6.54 Å². The predicted molar refractivity (Wildman–Crippen MR) is 44.3 cm³/mol. The number of amides is 3. The lowest BCUT2D eigenvalue weighted by Gasteiger charge is -2.13. The monoisotopic (exact) mass is 174 g/mol. The van der Waals surface area contributed by atoms with Crippen LogP contribution in [0.25, 0.3) is 0 Å². The number of nitrogens with two attached hydrogens (primary N) is 2. The van der Waals surface area contributed by atoms with Gasteiger partial charge in [-0.1, -0.05) is 0 Å². The average molecular weight is 174 g/mol. The molecule has 0 bridgehead atoms. The van der Waals surface area contributed by atoms with Gasteiger partial charge >= 0.3 is 6.03 Å². The van der Waals surface area contributed by atoms with Crippen LogP contribution in [0.15, 0.2) is 0 Å². The fourth-order valence-corrected chi connectivity index (χ4v) is 0.722. The Balaban J connectivity index is 3.61. The van der Waals surface area contributed by atoms with Crippen LogP contribution < -0.4 is 16.8 Å². The summed E-state index contributed by atoms with van der Waals surface area (Å²) in [5, 5.41) is 1.95. The van der Waals surface area contributed by atoms with Crippen molar-refractivity contribution in [3.05, 3.63) is 0 Å². The van der Waals surface area contributed by atoms with Gasteiger partial charge in [-0.2, -0.15) is 0 Å². The van der Waals surface area contributed by atoms with E-state index in [4.69, 9.17) is 11.5 Å². The number of carbonyl (C=O) groups excluding carboxylic acids is 2. The molecule has 0 atom stereocenters. The maximum Gasteiger partial charge on any atom is 0.318 e. The van der Waals surface area contributed by atoms with Crippen molar-refractivity contribution in [1.82, 2.24) is 10.2 Å². The molecule has 0 aliphatic rings. The van der Waals surface area contributed by atoms with Gasteiger partial charge in [0.15, 0.2) is 0 Å². The van der Waals surface area contributed by atoms with Crippen molar-refractivity contribution in [2.24, 2.45) is 11.5 Å². The number of carbonyl (C=O) groups is 2. The van der Waals surface area contributed by atoms with Gasteiger partial charge in [0.05, 0.1) is 6.54 Å². The Kier molecular flexibility index (Phi) is 4.98. The zero-order chi connectivity index (χ0) is 9.56. The minimum absolute atomic E-state index is 0.125. The normalized spacial score (nSPS) is 9.92. The molecule has 5 N–H and O–H groups in total. The smallest absolute Gasteiger partial charge is 0.318 e. The van der Waals surface area contributed by atoms with Crippen LogP contribution in [-0.4, -0.2) is 43.5 Å². The lowest BCUT2D eigenvalue weighted by Crippen LogP contribution is -2.42. The second-order valence-corrected chi connectivity index (χ2v) is 2.44. The molecule has 0 fully saturated rings. The van der Waals surface area contributed by atoms with Gasteiger partial charge in [-0.05, 0) is 7.05 Å². The van der Waals surface area contributed by atoms with Crippen LogP contribution in [0, 0.1) is 0 Å². The highest BCUT2D eigenvalue weighted by Crippen LogP contribution is 1.78. The molecule has 0 aliphatic heterocycles. The molecule has 0 heterocycles. The van der Waals surface area contributed by atoms with Crippen molar-refractivity contribution in [2.45, 2.75) is 0 Å². The van der Waals surface area contributed by atoms with Crippen molar-refractivity contribution >= 4 is 11.9 Å². The number of rotatable bonds is 4. The molecule has 0 aromatic rings. The molecule has 0 aliphatic carbocycles. The van der Waals surface area contributed by atoms with Crippen LogP contribution in [0.2, 0.25) is 0 Å². The van der Waals surface area contributed by atoms with Gasteiger partial charge in [-0.25, -0.2) is 4.79 Å². The third-order valence-corrected chi connectivity index (χ3v) is 1.19. The van der Waals surface area contributed by atoms with Gasteiger partial charge in [-0.3, -0.25) is 15.0 Å². The summed E-state index contributed by atoms with van der Waals surface area (Å²) >= 11 is 0. The summed E-state index contributed by atoms with van der Waals surface area (Å²) in [5.41, 5.74) is 9.97. The minimum Gasteiger partial charge on any atom is -0.351 e. The van der Waals surface area contributed by atoms with E-state index in [1.807, 2.05) is 5.32 Å². The standard InChI is InChI=1S/C6H14N4O2/c1-10(3-2-7)4-5(11)9-6(8)12/h2-4,7H2,1H3,(H3,8,9,11,12). The zero-order valence-electron chi connectivity index (χ0n) is 7.04. The Morgan fingerprint density at radius 1 is 1.50 bits per heavy atom. The maximum absolute atomic E-state index is 10.8. The maximum atomic E-state index is 10.8. The first-order chi connectivity index (χ1) is 5.56. The largest absolute Gasteiger partial charge is 0.351 e. The van der Waals surface area contributed by atoms with Gasteiger partial charge in [-0.15, -0.1) is 0 Å². The molecule has 0 aromatic carbocycles. The van der Waals surface area contributed by atoms with Crippen LogP contribution in [0.1, 0.15) is 0 Å². The lowest BCUT2D eigenvalue weighted by molar-refractivity contribution is -0.120. The van der Waals surface area contributed by atoms with Crippen LogP contribution >= 0.6 is 0 Å². The highest BCUT2D eigenvalue weighted by molar-refractivity contribution is 5.94. The summed E-state index contributed by atoms with van der Waals surface area (Å²) in [6.07, 6.45) is 0. The van der Waals surface area contributed by atoms with E-state index in [0.717, 1.165) is 0 Å². The highest BCUT2D eigenvalue weighted by Gasteiger charge is 2.06. The van der Waals surface area contributed by atoms with Crippen LogP contribution in [0.5, 0.6) is 0 Å². The number of hydrogen-bond acceptors (Lipinski definition) is 4. The van der Waals surface area contributed by atoms with E-state index in [0.29, 0.717) is 13.1 Å². The van der Waals surface area contributed by atoms with Crippen molar-refractivity contribution in [2.75, 3.05) is 26.7 Å². The number of nitrogens with one attached hydrogen (secondary N) is 1. The van der Waals surface area contributed by atoms with Gasteiger partial charge in [0.2, 0.25) is 5.91 Å². The SMILES string of the molecule is CN(CCN)CC(=O)NC(N)=O. The molecule has 0 saturated heterocycles. The van der Waals surface area contributed by atoms with E-state index in [1.54, 1.807) is 11.9 Å². The molecular weight excluding hydrogens is 160 g/mol. The first kappa shape index (κ1) is 10.9. The predicted octanol–water partition coefficient (Wildman–Crippen LogP) is -1.93. The number of hydrogen-bond donors (Lipinski definition) is 3. The topological polar surface area (TPSA) is 101 Å². The Morgan fingerprint density at radius 2 is 2.08 bits per heavy atom. The van der Waals surface area contributed by atoms with E-state index in [1.165, 1.54) is 0 Å². The molecule has 0 saturated carbocycles. The van der Waals surface area contributed by atoms with Crippen LogP contribution in [0.3, 0.4) is 0 Å². The number of likely N-dealkylation sites (N-methyl/N-ethyl adjacent to an activating group) is 1. The summed E-state index contributed by atoms with van der Waals surface area (Å²) in [4.78, 5) is 22.7. The minimum atomic E-state index is -0.832. The van der Waals surface area contributed by atoms with Crippen molar-refractivity contribution in [1.29, 1.82) is 0 Å². The van der Waals surface area contributed by atoms with E-state index < -0.39 is 11.9 Å². The van der Waals surface area contributed by atoms with E-state index in [2.05, 4.69) is 0 Å². The second-order valence-electron chi connectivity index (χ2n) is 2.44. The molecule has 0 rings (SSSR count). The van der Waals surface area contributed by atoms with E-state index in [9.17, 15) is 9.59 Å². The van der Waals surface area contributed by atoms with Gasteiger partial charge in [0.25, 0.3) is 0 Å². The summed E-state index contributed by atoms with van der Waals surface area (Å²) in [5.74, 6) is -0.418. The van der Waals surface area contributed by atoms with Gasteiger partial charge in [0, 0.05) is 13.1 Å². The zero-order valence-corrected chi connectivity index (χ0v) is 7.04. The lowest BCUT2D eigenvalue weighted by atomic mass is 10.5. The summed E-state index contributed by atoms with van der Waals surface area (Å²) in [6.45, 7) is 1.20. The number of nitrogens with zero attached hydrogens (tertiary/aromatic N) is 1. The van der Waals surface area contributed by atoms with Crippen LogP contribution in [0.4, 0.5) is 4.79 Å². The number of primary amides is 1. The van der Waals surface area contributed by atoms with Crippen molar-refractivity contribution in [3.8, 4) is 0 Å². The van der Waals surface area contributed by atoms with E-state index >= 15 is 0 Å². The Morgan fingerprint density at radius 3 is 2.50 bits per heavy atom. The molecule has 3 amide bonds. The molecule has 0 aromatic heterocycles. The molecule has 70 valence electrons. The number of urea groups is 1. The van der Waals surface area contributed by atoms with Crippen molar-refractivity contribution < 1.29 is 9.59 Å². The molecule has 6 nitrogen and oxygen atoms in total. The number of imide groups is 1. The average Bonchev–Trinajstić information content (AvgIpc) is 1.84. The van der Waals surface area contributed by atoms with Gasteiger partial charge < -0.3 is 11.5 Å². The molecule has 0 spiro atoms. The second kappa shape index (κ2) is 5.50. The molecule has 0 radical (unpaired) electrons. The summed E-state index contributed by atoms with van der Waals surface area (Å²) < 4.78 is 0. The van der Waals surface area contributed by atoms with Gasteiger partial charge in [0.1, 0.15) is 0 Å². The third kappa shape index (κ3) is 5.63. The molecule has 0 unspecified atom stereocenters. The van der Waals surface area contributed by atoms with Crippen LogP contribution in [-0.2, 0) is 4.79 Å². The molecule has 12 heavy (non-hydrogen) atoms. The first-order valence-corrected chi connectivity index (χ1v) is 3.54. The molecule has 6 heteroatoms. The fraction of sp³-hybridized carbons (Fsp3) is 0.667. The fourth-order valence-electron chi connectivity index (χ4n) is 0.722. The Hall–Kier alpha value is -1.14. The summed E-state index contributed by atoms with van der Waals surface area (Å²) in [7, 11) is 1.73. The highest BCUT2D eigenvalue weighted by atomic mass is 16.2. The summed E-state index contributed by atoms with van der Waals surface area (Å²) in [6, 6.07) is -0.832. The quantitative estimate of drug-likeness (QED) is 0.462. The Bertz CT molecular complexity index is 171. The molecular formula is C6H14N4O2. The Labute approximate surface area is 70.9 Å². The van der Waals surface area contributed by atoms with Crippen molar-refractivity contribution in [3.63, 3.8) is 0 Å². The first-order valence-electron chi connectivity index (χ1n) is 3.54.